The van der Waals surface area contributed by atoms with Crippen molar-refractivity contribution in [2.45, 2.75) is 33.1 Å². The van der Waals surface area contributed by atoms with Gasteiger partial charge in [0.1, 0.15) is 0 Å². The van der Waals surface area contributed by atoms with E-state index >= 15 is 0 Å². The lowest BCUT2D eigenvalue weighted by atomic mass is 9.63. The fourth-order valence-corrected chi connectivity index (χ4v) is 3.93. The molecule has 1 spiro atoms. The zero-order chi connectivity index (χ0) is 14.3. The maximum Gasteiger partial charge on any atom is 0.333 e. The second-order valence-corrected chi connectivity index (χ2v) is 7.31. The maximum absolute atomic E-state index is 10.8. The van der Waals surface area contributed by atoms with Crippen molar-refractivity contribution >= 4 is 10.3 Å². The average molecular weight is 283 g/mol. The standard InChI is InChI=1S/C14H21NO3S/c1-4-6-13(3)10-14(13)7-12(8-14)11(5-2)9-18-19(15,16)17/h2,4,6,11-12H,7-10H2,1,3H3,(H2,15,16,17). The van der Waals surface area contributed by atoms with Crippen molar-refractivity contribution in [3.05, 3.63) is 12.2 Å². The second kappa shape index (κ2) is 4.62. The summed E-state index contributed by atoms with van der Waals surface area (Å²) >= 11 is 0. The first-order chi connectivity index (χ1) is 8.75. The zero-order valence-corrected chi connectivity index (χ0v) is 12.2. The Hall–Kier alpha value is -0.830. The van der Waals surface area contributed by atoms with Gasteiger partial charge in [-0.3, -0.25) is 4.18 Å². The van der Waals surface area contributed by atoms with Crippen LogP contribution in [0.1, 0.15) is 33.1 Å². The Kier molecular flexibility index (Phi) is 3.54. The molecule has 2 atom stereocenters. The highest BCUT2D eigenvalue weighted by atomic mass is 32.2. The third-order valence-electron chi connectivity index (χ3n) is 4.83. The summed E-state index contributed by atoms with van der Waals surface area (Å²) in [6, 6.07) is 0. The lowest BCUT2D eigenvalue weighted by Crippen LogP contribution is -2.36. The van der Waals surface area contributed by atoms with Crippen LogP contribution in [0.2, 0.25) is 0 Å². The van der Waals surface area contributed by atoms with Gasteiger partial charge in [-0.15, -0.1) is 12.3 Å². The molecule has 0 aliphatic heterocycles. The molecule has 2 unspecified atom stereocenters. The molecule has 2 aliphatic rings. The van der Waals surface area contributed by atoms with Gasteiger partial charge in [0.25, 0.3) is 0 Å². The van der Waals surface area contributed by atoms with E-state index in [1.807, 2.05) is 6.92 Å². The molecule has 0 aromatic carbocycles. The molecule has 2 aliphatic carbocycles. The van der Waals surface area contributed by atoms with Crippen molar-refractivity contribution < 1.29 is 12.6 Å². The van der Waals surface area contributed by atoms with Gasteiger partial charge >= 0.3 is 10.3 Å². The van der Waals surface area contributed by atoms with Crippen molar-refractivity contribution in [2.24, 2.45) is 27.8 Å². The van der Waals surface area contributed by atoms with E-state index in [1.54, 1.807) is 0 Å². The van der Waals surface area contributed by atoms with Crippen molar-refractivity contribution in [1.29, 1.82) is 0 Å². The summed E-state index contributed by atoms with van der Waals surface area (Å²) in [7, 11) is -3.90. The fraction of sp³-hybridized carbons (Fsp3) is 0.714. The van der Waals surface area contributed by atoms with Crippen molar-refractivity contribution in [2.75, 3.05) is 6.61 Å². The first-order valence-corrected chi connectivity index (χ1v) is 7.99. The Bertz CT molecular complexity index is 525. The second-order valence-electron chi connectivity index (χ2n) is 6.09. The van der Waals surface area contributed by atoms with Crippen LogP contribution in [0, 0.1) is 35.0 Å². The van der Waals surface area contributed by atoms with E-state index in [0.717, 1.165) is 12.8 Å². The number of nitrogens with two attached hydrogens (primary N) is 1. The van der Waals surface area contributed by atoms with Crippen molar-refractivity contribution in [3.8, 4) is 12.3 Å². The highest BCUT2D eigenvalue weighted by molar-refractivity contribution is 7.84. The minimum Gasteiger partial charge on any atom is -0.257 e. The topological polar surface area (TPSA) is 69.4 Å². The summed E-state index contributed by atoms with van der Waals surface area (Å²) in [5, 5.41) is 4.82. The predicted molar refractivity (Wildman–Crippen MR) is 74.1 cm³/mol. The smallest absolute Gasteiger partial charge is 0.257 e. The van der Waals surface area contributed by atoms with E-state index in [0.29, 0.717) is 16.7 Å². The molecule has 4 nitrogen and oxygen atoms in total. The average Bonchev–Trinajstić information content (AvgIpc) is 2.83. The Balaban J connectivity index is 1.88. The minimum absolute atomic E-state index is 0.00356. The fourth-order valence-electron chi connectivity index (χ4n) is 3.59. The maximum atomic E-state index is 10.8. The van der Waals surface area contributed by atoms with Gasteiger partial charge in [0.15, 0.2) is 0 Å². The van der Waals surface area contributed by atoms with Gasteiger partial charge < -0.3 is 0 Å². The summed E-state index contributed by atoms with van der Waals surface area (Å²) in [5.74, 6) is 2.82. The Morgan fingerprint density at radius 1 is 1.58 bits per heavy atom. The van der Waals surface area contributed by atoms with E-state index in [2.05, 4.69) is 29.2 Å². The third-order valence-corrected chi connectivity index (χ3v) is 5.29. The van der Waals surface area contributed by atoms with Crippen molar-refractivity contribution in [3.63, 3.8) is 0 Å². The molecule has 2 fully saturated rings. The highest BCUT2D eigenvalue weighted by Crippen LogP contribution is 2.76. The first kappa shape index (κ1) is 14.6. The molecule has 0 aromatic rings. The zero-order valence-electron chi connectivity index (χ0n) is 11.4. The van der Waals surface area contributed by atoms with E-state index in [-0.39, 0.29) is 12.5 Å². The Morgan fingerprint density at radius 3 is 2.68 bits per heavy atom. The van der Waals surface area contributed by atoms with Gasteiger partial charge in [-0.25, -0.2) is 5.14 Å². The van der Waals surface area contributed by atoms with Crippen LogP contribution in [-0.2, 0) is 14.5 Å². The SMILES string of the molecule is C#CC(COS(N)(=O)=O)C1CC2(C1)CC2(C)C=CC. The van der Waals surface area contributed by atoms with Gasteiger partial charge in [-0.05, 0) is 42.9 Å². The third kappa shape index (κ3) is 2.71. The molecule has 0 saturated heterocycles. The van der Waals surface area contributed by atoms with Gasteiger partial charge in [0.05, 0.1) is 6.61 Å². The monoisotopic (exact) mass is 283 g/mol. The van der Waals surface area contributed by atoms with Gasteiger partial charge in [-0.2, -0.15) is 8.42 Å². The first-order valence-electron chi connectivity index (χ1n) is 6.52. The van der Waals surface area contributed by atoms with Crippen molar-refractivity contribution in [1.82, 2.24) is 0 Å². The van der Waals surface area contributed by atoms with Gasteiger partial charge in [0, 0.05) is 5.92 Å². The van der Waals surface area contributed by atoms with E-state index < -0.39 is 10.3 Å². The molecule has 0 radical (unpaired) electrons. The van der Waals surface area contributed by atoms with E-state index in [1.165, 1.54) is 6.42 Å². The van der Waals surface area contributed by atoms with Crippen LogP contribution >= 0.6 is 0 Å². The molecule has 2 rings (SSSR count). The molecule has 106 valence electrons. The summed E-state index contributed by atoms with van der Waals surface area (Å²) in [6.45, 7) is 4.31. The molecule has 5 heteroatoms. The van der Waals surface area contributed by atoms with Crippen LogP contribution in [0.4, 0.5) is 0 Å². The van der Waals surface area contributed by atoms with Crippen LogP contribution in [0.3, 0.4) is 0 Å². The molecule has 0 amide bonds. The predicted octanol–water partition coefficient (Wildman–Crippen LogP) is 1.84. The lowest BCUT2D eigenvalue weighted by Gasteiger charge is -2.41. The molecule has 2 saturated carbocycles. The number of hydrogen-bond acceptors (Lipinski definition) is 3. The van der Waals surface area contributed by atoms with Crippen LogP contribution < -0.4 is 5.14 Å². The Labute approximate surface area is 115 Å². The van der Waals surface area contributed by atoms with Crippen LogP contribution in [-0.4, -0.2) is 15.0 Å². The van der Waals surface area contributed by atoms with E-state index in [4.69, 9.17) is 11.6 Å². The normalized spacial score (nSPS) is 38.9. The number of rotatable bonds is 5. The number of hydrogen-bond donors (Lipinski definition) is 1. The summed E-state index contributed by atoms with van der Waals surface area (Å²) in [5.41, 5.74) is 0.694. The largest absolute Gasteiger partial charge is 0.333 e. The molecule has 0 aromatic heterocycles. The Morgan fingerprint density at radius 2 is 2.21 bits per heavy atom. The summed E-state index contributed by atoms with van der Waals surface area (Å²) < 4.78 is 26.2. The van der Waals surface area contributed by atoms with Gasteiger partial charge in [-0.1, -0.05) is 19.1 Å². The van der Waals surface area contributed by atoms with Gasteiger partial charge in [0.2, 0.25) is 0 Å². The quantitative estimate of drug-likeness (QED) is 0.618. The lowest BCUT2D eigenvalue weighted by molar-refractivity contribution is 0.0800. The van der Waals surface area contributed by atoms with E-state index in [9.17, 15) is 8.42 Å². The summed E-state index contributed by atoms with van der Waals surface area (Å²) in [6.07, 6.45) is 13.2. The molecule has 0 bridgehead atoms. The van der Waals surface area contributed by atoms with Crippen LogP contribution in [0.15, 0.2) is 12.2 Å². The van der Waals surface area contributed by atoms with Crippen LogP contribution in [0.25, 0.3) is 0 Å². The highest BCUT2D eigenvalue weighted by Gasteiger charge is 2.68. The molecule has 19 heavy (non-hydrogen) atoms. The molecular weight excluding hydrogens is 262 g/mol. The molecule has 2 N–H and O–H groups in total. The van der Waals surface area contributed by atoms with Crippen LogP contribution in [0.5, 0.6) is 0 Å². The summed E-state index contributed by atoms with van der Waals surface area (Å²) in [4.78, 5) is 0. The number of allylic oxidation sites excluding steroid dienone is 2. The molecular formula is C14H21NO3S. The minimum atomic E-state index is -3.90. The number of terminal acetylenes is 1. The molecule has 0 heterocycles.